The number of nitrogens with one attached hydrogen (secondary N) is 1. The van der Waals surface area contributed by atoms with Crippen LogP contribution in [0, 0.1) is 0 Å². The van der Waals surface area contributed by atoms with E-state index >= 15 is 0 Å². The molecule has 4 heteroatoms. The zero-order valence-electron chi connectivity index (χ0n) is 6.96. The van der Waals surface area contributed by atoms with E-state index in [-0.39, 0.29) is 0 Å². The van der Waals surface area contributed by atoms with Crippen LogP contribution in [-0.4, -0.2) is 17.5 Å². The van der Waals surface area contributed by atoms with E-state index in [1.807, 2.05) is 24.3 Å². The minimum atomic E-state index is 0.928. The molecule has 1 heterocycles. The predicted octanol–water partition coefficient (Wildman–Crippen LogP) is 2.96. The third kappa shape index (κ3) is 2.25. The number of amidine groups is 1. The summed E-state index contributed by atoms with van der Waals surface area (Å²) in [6.07, 6.45) is 0. The minimum Gasteiger partial charge on any atom is -0.334 e. The van der Waals surface area contributed by atoms with Crippen molar-refractivity contribution in [2.24, 2.45) is 4.99 Å². The van der Waals surface area contributed by atoms with Gasteiger partial charge in [-0.3, -0.25) is 4.99 Å². The number of thioether (sulfide) groups is 1. The van der Waals surface area contributed by atoms with Crippen LogP contribution in [-0.2, 0) is 0 Å². The van der Waals surface area contributed by atoms with Crippen LogP contribution in [0.15, 0.2) is 33.7 Å². The summed E-state index contributed by atoms with van der Waals surface area (Å²) in [6.45, 7) is 0.928. The molecule has 2 nitrogen and oxygen atoms in total. The van der Waals surface area contributed by atoms with Crippen LogP contribution in [0.4, 0.5) is 5.69 Å². The molecule has 0 bridgehead atoms. The maximum Gasteiger partial charge on any atom is 0.161 e. The average molecular weight is 257 g/mol. The fraction of sp³-hybridized carbons (Fsp3) is 0.222. The van der Waals surface area contributed by atoms with Gasteiger partial charge in [0.25, 0.3) is 0 Å². The Kier molecular flexibility index (Phi) is 2.90. The SMILES string of the molecule is Brc1ccccc1NC1=NCCS1. The van der Waals surface area contributed by atoms with Gasteiger partial charge in [-0.2, -0.15) is 0 Å². The van der Waals surface area contributed by atoms with Gasteiger partial charge in [0.15, 0.2) is 5.17 Å². The van der Waals surface area contributed by atoms with Crippen LogP contribution in [0.3, 0.4) is 0 Å². The number of rotatable bonds is 1. The summed E-state index contributed by atoms with van der Waals surface area (Å²) in [5.74, 6) is 1.09. The molecule has 0 spiro atoms. The van der Waals surface area contributed by atoms with Crippen LogP contribution in [0.5, 0.6) is 0 Å². The molecule has 0 saturated carbocycles. The van der Waals surface area contributed by atoms with Crippen molar-refractivity contribution in [1.82, 2.24) is 0 Å². The third-order valence-corrected chi connectivity index (χ3v) is 3.28. The minimum absolute atomic E-state index is 0.928. The molecule has 0 fully saturated rings. The summed E-state index contributed by atoms with van der Waals surface area (Å²) in [5.41, 5.74) is 1.08. The number of hydrogen-bond acceptors (Lipinski definition) is 3. The maximum atomic E-state index is 4.32. The Morgan fingerprint density at radius 2 is 2.23 bits per heavy atom. The molecule has 0 unspecified atom stereocenters. The molecule has 0 aromatic heterocycles. The van der Waals surface area contributed by atoms with Crippen LogP contribution < -0.4 is 5.32 Å². The summed E-state index contributed by atoms with van der Waals surface area (Å²) in [5, 5.41) is 4.30. The molecule has 0 radical (unpaired) electrons. The summed E-state index contributed by atoms with van der Waals surface area (Å²) in [4.78, 5) is 4.32. The molecule has 1 aliphatic rings. The maximum absolute atomic E-state index is 4.32. The highest BCUT2D eigenvalue weighted by Crippen LogP contribution is 2.23. The number of benzene rings is 1. The summed E-state index contributed by atoms with van der Waals surface area (Å²) < 4.78 is 1.07. The first-order valence-electron chi connectivity index (χ1n) is 4.05. The van der Waals surface area contributed by atoms with Gasteiger partial charge in [0.1, 0.15) is 0 Å². The van der Waals surface area contributed by atoms with Crippen molar-refractivity contribution in [2.45, 2.75) is 0 Å². The fourth-order valence-electron chi connectivity index (χ4n) is 1.09. The van der Waals surface area contributed by atoms with E-state index in [4.69, 9.17) is 0 Å². The van der Waals surface area contributed by atoms with Gasteiger partial charge in [0.2, 0.25) is 0 Å². The van der Waals surface area contributed by atoms with E-state index in [2.05, 4.69) is 26.2 Å². The number of aliphatic imine (C=N–C) groups is 1. The molecule has 1 aliphatic heterocycles. The van der Waals surface area contributed by atoms with Crippen molar-refractivity contribution >= 4 is 38.5 Å². The monoisotopic (exact) mass is 256 g/mol. The van der Waals surface area contributed by atoms with E-state index in [1.54, 1.807) is 11.8 Å². The lowest BCUT2D eigenvalue weighted by atomic mass is 10.3. The molecular formula is C9H9BrN2S. The smallest absolute Gasteiger partial charge is 0.161 e. The average Bonchev–Trinajstić information content (AvgIpc) is 2.61. The number of halogens is 1. The second-order valence-electron chi connectivity index (χ2n) is 2.64. The Morgan fingerprint density at radius 3 is 2.92 bits per heavy atom. The Morgan fingerprint density at radius 1 is 1.38 bits per heavy atom. The highest BCUT2D eigenvalue weighted by atomic mass is 79.9. The quantitative estimate of drug-likeness (QED) is 0.836. The standard InChI is InChI=1S/C9H9BrN2S/c10-7-3-1-2-4-8(7)12-9-11-5-6-13-9/h1-4H,5-6H2,(H,11,12). The van der Waals surface area contributed by atoms with E-state index in [0.717, 1.165) is 27.6 Å². The van der Waals surface area contributed by atoms with E-state index in [1.165, 1.54) is 0 Å². The summed E-state index contributed by atoms with van der Waals surface area (Å²) in [6, 6.07) is 8.06. The van der Waals surface area contributed by atoms with Crippen molar-refractivity contribution in [3.05, 3.63) is 28.7 Å². The van der Waals surface area contributed by atoms with E-state index in [0.29, 0.717) is 0 Å². The first-order chi connectivity index (χ1) is 6.36. The van der Waals surface area contributed by atoms with Crippen LogP contribution >= 0.6 is 27.7 Å². The van der Waals surface area contributed by atoms with Crippen molar-refractivity contribution in [1.29, 1.82) is 0 Å². The lowest BCUT2D eigenvalue weighted by molar-refractivity contribution is 1.17. The number of nitrogens with zero attached hydrogens (tertiary/aromatic N) is 1. The summed E-state index contributed by atoms with van der Waals surface area (Å²) >= 11 is 5.24. The van der Waals surface area contributed by atoms with Gasteiger partial charge in [0.05, 0.1) is 12.2 Å². The van der Waals surface area contributed by atoms with Crippen molar-refractivity contribution < 1.29 is 0 Å². The normalized spacial score (nSPS) is 15.6. The number of para-hydroxylation sites is 1. The molecule has 0 amide bonds. The largest absolute Gasteiger partial charge is 0.334 e. The molecule has 13 heavy (non-hydrogen) atoms. The first-order valence-corrected chi connectivity index (χ1v) is 5.83. The summed E-state index contributed by atoms with van der Waals surface area (Å²) in [7, 11) is 0. The lowest BCUT2D eigenvalue weighted by Gasteiger charge is -2.06. The van der Waals surface area contributed by atoms with E-state index < -0.39 is 0 Å². The van der Waals surface area contributed by atoms with Gasteiger partial charge in [0, 0.05) is 10.2 Å². The Labute approximate surface area is 90.0 Å². The molecule has 2 rings (SSSR count). The Balaban J connectivity index is 2.13. The van der Waals surface area contributed by atoms with Crippen molar-refractivity contribution in [2.75, 3.05) is 17.6 Å². The highest BCUT2D eigenvalue weighted by molar-refractivity contribution is 9.10. The van der Waals surface area contributed by atoms with Crippen LogP contribution in [0.1, 0.15) is 0 Å². The van der Waals surface area contributed by atoms with Crippen LogP contribution in [0.2, 0.25) is 0 Å². The predicted molar refractivity (Wildman–Crippen MR) is 62.5 cm³/mol. The zero-order chi connectivity index (χ0) is 9.10. The lowest BCUT2D eigenvalue weighted by Crippen LogP contribution is -2.04. The van der Waals surface area contributed by atoms with Gasteiger partial charge in [-0.05, 0) is 28.1 Å². The third-order valence-electron chi connectivity index (χ3n) is 1.70. The Hall–Kier alpha value is -0.480. The second kappa shape index (κ2) is 4.15. The molecular weight excluding hydrogens is 248 g/mol. The zero-order valence-corrected chi connectivity index (χ0v) is 9.36. The Bertz CT molecular complexity index is 338. The highest BCUT2D eigenvalue weighted by Gasteiger charge is 2.07. The van der Waals surface area contributed by atoms with Gasteiger partial charge in [-0.1, -0.05) is 23.9 Å². The second-order valence-corrected chi connectivity index (χ2v) is 4.58. The molecule has 0 atom stereocenters. The van der Waals surface area contributed by atoms with Crippen LogP contribution in [0.25, 0.3) is 0 Å². The molecule has 1 aromatic carbocycles. The van der Waals surface area contributed by atoms with Gasteiger partial charge >= 0.3 is 0 Å². The van der Waals surface area contributed by atoms with Gasteiger partial charge in [-0.25, -0.2) is 0 Å². The molecule has 68 valence electrons. The van der Waals surface area contributed by atoms with Gasteiger partial charge < -0.3 is 5.32 Å². The molecule has 0 aliphatic carbocycles. The van der Waals surface area contributed by atoms with Crippen molar-refractivity contribution in [3.8, 4) is 0 Å². The first kappa shape index (κ1) is 9.09. The van der Waals surface area contributed by atoms with E-state index in [9.17, 15) is 0 Å². The molecule has 1 aromatic rings. The number of anilines is 1. The van der Waals surface area contributed by atoms with Gasteiger partial charge in [-0.15, -0.1) is 0 Å². The fourth-order valence-corrected chi connectivity index (χ4v) is 2.21. The molecule has 1 N–H and O–H groups in total. The number of hydrogen-bond donors (Lipinski definition) is 1. The molecule has 0 saturated heterocycles. The topological polar surface area (TPSA) is 24.4 Å². The van der Waals surface area contributed by atoms with Crippen molar-refractivity contribution in [3.63, 3.8) is 0 Å².